The van der Waals surface area contributed by atoms with Crippen molar-refractivity contribution in [1.29, 1.82) is 0 Å². The minimum absolute atomic E-state index is 0.127. The zero-order valence-electron chi connectivity index (χ0n) is 14.6. The molecule has 3 aromatic rings. The highest BCUT2D eigenvalue weighted by molar-refractivity contribution is 7.92. The van der Waals surface area contributed by atoms with Crippen LogP contribution in [0.2, 0.25) is 0 Å². The van der Waals surface area contributed by atoms with E-state index in [-0.39, 0.29) is 4.90 Å². The molecule has 1 aromatic heterocycles. The molecule has 1 N–H and O–H groups in total. The molecule has 0 fully saturated rings. The van der Waals surface area contributed by atoms with Gasteiger partial charge in [-0.25, -0.2) is 12.8 Å². The number of hydrogen-bond acceptors (Lipinski definition) is 4. The topological polar surface area (TPSA) is 76.9 Å². The SMILES string of the molecule is O=S(=O)(Nc1ccccc1-c1nnc2n1CCCCC2)c1cccc(F)c1. The molecule has 2 heterocycles. The Morgan fingerprint density at radius 1 is 1.00 bits per heavy atom. The van der Waals surface area contributed by atoms with E-state index in [0.717, 1.165) is 44.1 Å². The van der Waals surface area contributed by atoms with Crippen LogP contribution in [0.4, 0.5) is 10.1 Å². The predicted octanol–water partition coefficient (Wildman–Crippen LogP) is 3.61. The van der Waals surface area contributed by atoms with E-state index in [2.05, 4.69) is 19.5 Å². The minimum Gasteiger partial charge on any atom is -0.311 e. The smallest absolute Gasteiger partial charge is 0.262 e. The van der Waals surface area contributed by atoms with Gasteiger partial charge in [0.15, 0.2) is 5.82 Å². The average molecular weight is 386 g/mol. The first kappa shape index (κ1) is 17.7. The van der Waals surface area contributed by atoms with Crippen LogP contribution in [0.25, 0.3) is 11.4 Å². The van der Waals surface area contributed by atoms with Crippen molar-refractivity contribution in [3.8, 4) is 11.4 Å². The molecule has 0 amide bonds. The zero-order valence-corrected chi connectivity index (χ0v) is 15.4. The lowest BCUT2D eigenvalue weighted by atomic mass is 10.1. The minimum atomic E-state index is -3.93. The maximum absolute atomic E-state index is 13.5. The van der Waals surface area contributed by atoms with Crippen LogP contribution in [-0.2, 0) is 23.0 Å². The Hall–Kier alpha value is -2.74. The van der Waals surface area contributed by atoms with E-state index >= 15 is 0 Å². The van der Waals surface area contributed by atoms with Gasteiger partial charge in [-0.1, -0.05) is 24.6 Å². The number of anilines is 1. The summed E-state index contributed by atoms with van der Waals surface area (Å²) >= 11 is 0. The molecule has 4 rings (SSSR count). The Morgan fingerprint density at radius 2 is 1.85 bits per heavy atom. The van der Waals surface area contributed by atoms with Crippen molar-refractivity contribution in [3.63, 3.8) is 0 Å². The fraction of sp³-hybridized carbons (Fsp3) is 0.263. The highest BCUT2D eigenvalue weighted by atomic mass is 32.2. The molecule has 0 atom stereocenters. The Morgan fingerprint density at radius 3 is 2.70 bits per heavy atom. The van der Waals surface area contributed by atoms with Gasteiger partial charge >= 0.3 is 0 Å². The van der Waals surface area contributed by atoms with Crippen LogP contribution in [0, 0.1) is 5.82 Å². The first-order valence-corrected chi connectivity index (χ1v) is 10.3. The van der Waals surface area contributed by atoms with Crippen molar-refractivity contribution < 1.29 is 12.8 Å². The molecule has 0 spiro atoms. The van der Waals surface area contributed by atoms with Gasteiger partial charge in [0.05, 0.1) is 10.6 Å². The van der Waals surface area contributed by atoms with Gasteiger partial charge in [-0.05, 0) is 43.2 Å². The van der Waals surface area contributed by atoms with E-state index in [1.54, 1.807) is 12.1 Å². The fourth-order valence-corrected chi connectivity index (χ4v) is 4.40. The van der Waals surface area contributed by atoms with Crippen LogP contribution in [0.3, 0.4) is 0 Å². The van der Waals surface area contributed by atoms with Crippen LogP contribution in [0.5, 0.6) is 0 Å². The quantitative estimate of drug-likeness (QED) is 0.743. The lowest BCUT2D eigenvalue weighted by Gasteiger charge is -2.13. The average Bonchev–Trinajstić information content (AvgIpc) is 2.90. The molecule has 2 aromatic carbocycles. The van der Waals surface area contributed by atoms with Gasteiger partial charge < -0.3 is 4.57 Å². The van der Waals surface area contributed by atoms with E-state index in [9.17, 15) is 12.8 Å². The number of rotatable bonds is 4. The molecular weight excluding hydrogens is 367 g/mol. The van der Waals surface area contributed by atoms with E-state index in [1.165, 1.54) is 18.2 Å². The van der Waals surface area contributed by atoms with Crippen LogP contribution in [0.1, 0.15) is 25.1 Å². The van der Waals surface area contributed by atoms with Gasteiger partial charge in [0.25, 0.3) is 10.0 Å². The molecule has 0 saturated carbocycles. The van der Waals surface area contributed by atoms with Gasteiger partial charge in [0.2, 0.25) is 0 Å². The number of aryl methyl sites for hydroxylation is 1. The number of para-hydroxylation sites is 1. The first-order valence-electron chi connectivity index (χ1n) is 8.84. The van der Waals surface area contributed by atoms with Crippen LogP contribution in [0.15, 0.2) is 53.4 Å². The van der Waals surface area contributed by atoms with E-state index < -0.39 is 15.8 Å². The number of halogens is 1. The van der Waals surface area contributed by atoms with Gasteiger partial charge in [0, 0.05) is 18.5 Å². The van der Waals surface area contributed by atoms with Crippen LogP contribution < -0.4 is 4.72 Å². The molecule has 1 aliphatic heterocycles. The Labute approximate surface area is 157 Å². The molecule has 140 valence electrons. The molecule has 0 bridgehead atoms. The number of nitrogens with zero attached hydrogens (tertiary/aromatic N) is 3. The summed E-state index contributed by atoms with van der Waals surface area (Å²) in [5.74, 6) is 0.962. The summed E-state index contributed by atoms with van der Waals surface area (Å²) in [4.78, 5) is -0.127. The molecule has 0 aliphatic carbocycles. The van der Waals surface area contributed by atoms with Crippen molar-refractivity contribution >= 4 is 15.7 Å². The van der Waals surface area contributed by atoms with Crippen LogP contribution in [-0.4, -0.2) is 23.2 Å². The second-order valence-electron chi connectivity index (χ2n) is 6.51. The number of nitrogens with one attached hydrogen (secondary N) is 1. The number of sulfonamides is 1. The van der Waals surface area contributed by atoms with E-state index in [4.69, 9.17) is 0 Å². The number of benzene rings is 2. The predicted molar refractivity (Wildman–Crippen MR) is 100 cm³/mol. The lowest BCUT2D eigenvalue weighted by Crippen LogP contribution is -2.14. The summed E-state index contributed by atoms with van der Waals surface area (Å²) in [5, 5.41) is 8.59. The second-order valence-corrected chi connectivity index (χ2v) is 8.19. The van der Waals surface area contributed by atoms with E-state index in [0.29, 0.717) is 17.1 Å². The third kappa shape index (κ3) is 3.57. The molecule has 0 radical (unpaired) electrons. The summed E-state index contributed by atoms with van der Waals surface area (Å²) in [5.41, 5.74) is 1.04. The first-order chi connectivity index (χ1) is 13.0. The van der Waals surface area contributed by atoms with Gasteiger partial charge in [0.1, 0.15) is 11.6 Å². The summed E-state index contributed by atoms with van der Waals surface area (Å²) in [6.45, 7) is 0.808. The second kappa shape index (κ2) is 7.11. The zero-order chi connectivity index (χ0) is 18.9. The Balaban J connectivity index is 1.74. The summed E-state index contributed by atoms with van der Waals surface area (Å²) < 4.78 is 43.5. The van der Waals surface area contributed by atoms with Gasteiger partial charge in [-0.15, -0.1) is 10.2 Å². The standard InChI is InChI=1S/C19H19FN4O2S/c20-14-7-6-8-15(13-14)27(25,26)23-17-10-4-3-9-16(17)19-22-21-18-11-2-1-5-12-24(18)19/h3-4,6-10,13,23H,1-2,5,11-12H2. The van der Waals surface area contributed by atoms with Crippen molar-refractivity contribution in [2.45, 2.75) is 37.1 Å². The van der Waals surface area contributed by atoms with Crippen molar-refractivity contribution in [1.82, 2.24) is 14.8 Å². The highest BCUT2D eigenvalue weighted by Gasteiger charge is 2.21. The number of hydrogen-bond donors (Lipinski definition) is 1. The van der Waals surface area contributed by atoms with Crippen LogP contribution >= 0.6 is 0 Å². The monoisotopic (exact) mass is 386 g/mol. The van der Waals surface area contributed by atoms with Crippen molar-refractivity contribution in [2.24, 2.45) is 0 Å². The third-order valence-electron chi connectivity index (χ3n) is 4.63. The fourth-order valence-electron chi connectivity index (χ4n) is 3.29. The molecular formula is C19H19FN4O2S. The summed E-state index contributed by atoms with van der Waals surface area (Å²) in [6.07, 6.45) is 4.11. The Kier molecular flexibility index (Phi) is 4.65. The Bertz CT molecular complexity index is 1080. The molecule has 0 unspecified atom stereocenters. The lowest BCUT2D eigenvalue weighted by molar-refractivity contribution is 0.595. The maximum Gasteiger partial charge on any atom is 0.262 e. The number of aromatic nitrogens is 3. The van der Waals surface area contributed by atoms with Crippen molar-refractivity contribution in [3.05, 3.63) is 60.2 Å². The molecule has 27 heavy (non-hydrogen) atoms. The van der Waals surface area contributed by atoms with Gasteiger partial charge in [-0.3, -0.25) is 4.72 Å². The summed E-state index contributed by atoms with van der Waals surface area (Å²) in [6, 6.07) is 12.0. The molecule has 6 nitrogen and oxygen atoms in total. The molecule has 8 heteroatoms. The third-order valence-corrected chi connectivity index (χ3v) is 5.99. The molecule has 0 saturated heterocycles. The summed E-state index contributed by atoms with van der Waals surface area (Å²) in [7, 11) is -3.93. The van der Waals surface area contributed by atoms with Crippen molar-refractivity contribution in [2.75, 3.05) is 4.72 Å². The largest absolute Gasteiger partial charge is 0.311 e. The highest BCUT2D eigenvalue weighted by Crippen LogP contribution is 2.30. The number of fused-ring (bicyclic) bond motifs is 1. The van der Waals surface area contributed by atoms with Gasteiger partial charge in [-0.2, -0.15) is 0 Å². The maximum atomic E-state index is 13.5. The molecule has 1 aliphatic rings. The van der Waals surface area contributed by atoms with E-state index in [1.807, 2.05) is 12.1 Å². The normalized spacial score (nSPS) is 14.4.